The van der Waals surface area contributed by atoms with Crippen molar-refractivity contribution in [2.75, 3.05) is 11.5 Å². The number of thioether (sulfide) groups is 1. The number of ether oxygens (including phenoxy) is 1. The predicted molar refractivity (Wildman–Crippen MR) is 108 cm³/mol. The van der Waals surface area contributed by atoms with Gasteiger partial charge in [-0.05, 0) is 56.7 Å². The van der Waals surface area contributed by atoms with Crippen LogP contribution in [0.2, 0.25) is 0 Å². The van der Waals surface area contributed by atoms with Gasteiger partial charge in [-0.3, -0.25) is 9.59 Å². The third-order valence-corrected chi connectivity index (χ3v) is 5.59. The summed E-state index contributed by atoms with van der Waals surface area (Å²) in [6, 6.07) is 10.1. The summed E-state index contributed by atoms with van der Waals surface area (Å²) in [6.45, 7) is 5.61. The number of hydrogen-bond donors (Lipinski definition) is 0. The minimum Gasteiger partial charge on any atom is -0.462 e. The van der Waals surface area contributed by atoms with E-state index in [1.807, 2.05) is 19.9 Å². The maximum absolute atomic E-state index is 12.9. The molecular weight excluding hydrogens is 390 g/mol. The van der Waals surface area contributed by atoms with Gasteiger partial charge in [0.15, 0.2) is 0 Å². The van der Waals surface area contributed by atoms with Gasteiger partial charge in [0, 0.05) is 12.1 Å². The summed E-state index contributed by atoms with van der Waals surface area (Å²) in [7, 11) is 0. The van der Waals surface area contributed by atoms with Crippen molar-refractivity contribution in [3.63, 3.8) is 0 Å². The van der Waals surface area contributed by atoms with Gasteiger partial charge in [-0.25, -0.2) is 14.7 Å². The number of rotatable bonds is 5. The van der Waals surface area contributed by atoms with Crippen molar-refractivity contribution in [1.29, 1.82) is 5.26 Å². The van der Waals surface area contributed by atoms with Crippen LogP contribution in [0.25, 0.3) is 0 Å². The molecule has 8 heteroatoms. The normalized spacial score (nSPS) is 16.1. The summed E-state index contributed by atoms with van der Waals surface area (Å²) in [6.07, 6.45) is 0.0165. The Morgan fingerprint density at radius 2 is 2.00 bits per heavy atom. The van der Waals surface area contributed by atoms with Gasteiger partial charge in [-0.1, -0.05) is 11.8 Å². The van der Waals surface area contributed by atoms with Crippen LogP contribution in [0, 0.1) is 25.2 Å². The van der Waals surface area contributed by atoms with Gasteiger partial charge in [0.2, 0.25) is 11.8 Å². The number of esters is 1. The molecule has 1 saturated heterocycles. The molecule has 0 bridgehead atoms. The van der Waals surface area contributed by atoms with Crippen LogP contribution >= 0.6 is 11.8 Å². The van der Waals surface area contributed by atoms with Gasteiger partial charge >= 0.3 is 5.97 Å². The number of aromatic nitrogens is 1. The molecule has 1 aromatic carbocycles. The van der Waals surface area contributed by atoms with Gasteiger partial charge in [0.05, 0.1) is 28.7 Å². The first-order valence-electron chi connectivity index (χ1n) is 9.04. The number of pyridine rings is 1. The van der Waals surface area contributed by atoms with Crippen LogP contribution in [0.4, 0.5) is 5.69 Å². The number of carbonyl (C=O) groups is 3. The van der Waals surface area contributed by atoms with E-state index in [0.717, 1.165) is 27.9 Å². The van der Waals surface area contributed by atoms with Crippen molar-refractivity contribution in [3.05, 3.63) is 52.7 Å². The molecular formula is C21H19N3O4S. The Morgan fingerprint density at radius 3 is 2.62 bits per heavy atom. The summed E-state index contributed by atoms with van der Waals surface area (Å²) in [4.78, 5) is 42.7. The van der Waals surface area contributed by atoms with Crippen molar-refractivity contribution in [3.8, 4) is 6.07 Å². The highest BCUT2D eigenvalue weighted by molar-refractivity contribution is 8.00. The minimum absolute atomic E-state index is 0.0165. The summed E-state index contributed by atoms with van der Waals surface area (Å²) in [5, 5.41) is 9.21. The molecule has 0 aliphatic carbocycles. The molecule has 1 aliphatic rings. The molecule has 0 spiro atoms. The van der Waals surface area contributed by atoms with E-state index in [1.54, 1.807) is 19.1 Å². The lowest BCUT2D eigenvalue weighted by Crippen LogP contribution is -2.31. The van der Waals surface area contributed by atoms with Crippen LogP contribution in [0.5, 0.6) is 0 Å². The molecule has 1 aliphatic heterocycles. The number of imide groups is 1. The van der Waals surface area contributed by atoms with Gasteiger partial charge in [-0.2, -0.15) is 5.26 Å². The Morgan fingerprint density at radius 1 is 1.31 bits per heavy atom. The number of hydrogen-bond acceptors (Lipinski definition) is 7. The van der Waals surface area contributed by atoms with Crippen LogP contribution in [0.15, 0.2) is 35.4 Å². The van der Waals surface area contributed by atoms with E-state index in [-0.39, 0.29) is 24.8 Å². The zero-order valence-electron chi connectivity index (χ0n) is 16.3. The number of aryl methyl sites for hydroxylation is 2. The van der Waals surface area contributed by atoms with Crippen molar-refractivity contribution >= 4 is 35.2 Å². The second-order valence-electron chi connectivity index (χ2n) is 6.52. The van der Waals surface area contributed by atoms with Gasteiger partial charge < -0.3 is 4.74 Å². The van der Waals surface area contributed by atoms with Crippen LogP contribution in [-0.2, 0) is 14.3 Å². The quantitative estimate of drug-likeness (QED) is 0.552. The van der Waals surface area contributed by atoms with Crippen LogP contribution in [0.3, 0.4) is 0 Å². The molecule has 0 radical (unpaired) electrons. The fourth-order valence-corrected chi connectivity index (χ4v) is 4.31. The molecule has 29 heavy (non-hydrogen) atoms. The number of carbonyl (C=O) groups excluding carboxylic acids is 3. The predicted octanol–water partition coefficient (Wildman–Crippen LogP) is 3.17. The highest BCUT2D eigenvalue weighted by atomic mass is 32.2. The molecule has 3 rings (SSSR count). The van der Waals surface area contributed by atoms with Crippen LogP contribution in [0.1, 0.15) is 40.5 Å². The summed E-state index contributed by atoms with van der Waals surface area (Å²) in [5.74, 6) is -1.16. The molecule has 2 amide bonds. The van der Waals surface area contributed by atoms with Crippen molar-refractivity contribution < 1.29 is 19.1 Å². The molecule has 1 fully saturated rings. The lowest BCUT2D eigenvalue weighted by atomic mass is 10.1. The summed E-state index contributed by atoms with van der Waals surface area (Å²) in [5.41, 5.74) is 2.68. The van der Waals surface area contributed by atoms with Crippen molar-refractivity contribution in [1.82, 2.24) is 4.98 Å². The Labute approximate surface area is 172 Å². The molecule has 1 unspecified atom stereocenters. The molecule has 7 nitrogen and oxygen atoms in total. The first-order chi connectivity index (χ1) is 13.8. The maximum atomic E-state index is 12.9. The molecule has 0 N–H and O–H groups in total. The van der Waals surface area contributed by atoms with E-state index in [0.29, 0.717) is 21.8 Å². The Hall–Kier alpha value is -3.18. The Bertz CT molecular complexity index is 1030. The SMILES string of the molecule is CCOC(=O)c1ccc(N2C(=O)CC(Sc3nc(C)cc(C)c3C#N)C2=O)cc1. The summed E-state index contributed by atoms with van der Waals surface area (Å²) >= 11 is 1.14. The molecule has 2 aromatic rings. The van der Waals surface area contributed by atoms with E-state index in [2.05, 4.69) is 11.1 Å². The monoisotopic (exact) mass is 409 g/mol. The fraction of sp³-hybridized carbons (Fsp3) is 0.286. The Balaban J connectivity index is 1.82. The average Bonchev–Trinajstić information content (AvgIpc) is 2.95. The second-order valence-corrected chi connectivity index (χ2v) is 7.71. The van der Waals surface area contributed by atoms with Gasteiger partial charge in [-0.15, -0.1) is 0 Å². The van der Waals surface area contributed by atoms with E-state index in [1.165, 1.54) is 12.1 Å². The van der Waals surface area contributed by atoms with Crippen LogP contribution < -0.4 is 4.90 Å². The number of benzene rings is 1. The van der Waals surface area contributed by atoms with E-state index in [4.69, 9.17) is 4.74 Å². The van der Waals surface area contributed by atoms with Crippen LogP contribution in [-0.4, -0.2) is 34.6 Å². The maximum Gasteiger partial charge on any atom is 0.338 e. The zero-order valence-corrected chi connectivity index (χ0v) is 17.1. The Kier molecular flexibility index (Phi) is 5.99. The molecule has 2 heterocycles. The zero-order chi connectivity index (χ0) is 21.1. The molecule has 148 valence electrons. The minimum atomic E-state index is -0.659. The highest BCUT2D eigenvalue weighted by Crippen LogP contribution is 2.35. The molecule has 0 saturated carbocycles. The number of anilines is 1. The fourth-order valence-electron chi connectivity index (χ4n) is 3.09. The number of nitrogens with zero attached hydrogens (tertiary/aromatic N) is 3. The third-order valence-electron chi connectivity index (χ3n) is 4.42. The molecule has 1 atom stereocenters. The number of nitriles is 1. The topological polar surface area (TPSA) is 100 Å². The largest absolute Gasteiger partial charge is 0.462 e. The standard InChI is InChI=1S/C21H19N3O4S/c1-4-28-21(27)14-5-7-15(8-6-14)24-18(25)10-17(20(24)26)29-19-16(11-22)12(2)9-13(3)23-19/h5-9,17H,4,10H2,1-3H3. The lowest BCUT2D eigenvalue weighted by molar-refractivity contribution is -0.121. The van der Waals surface area contributed by atoms with Gasteiger partial charge in [0.25, 0.3) is 0 Å². The van der Waals surface area contributed by atoms with E-state index < -0.39 is 11.2 Å². The van der Waals surface area contributed by atoms with Crippen molar-refractivity contribution in [2.24, 2.45) is 0 Å². The molecule has 1 aromatic heterocycles. The summed E-state index contributed by atoms with van der Waals surface area (Å²) < 4.78 is 4.94. The van der Waals surface area contributed by atoms with E-state index >= 15 is 0 Å². The third kappa shape index (κ3) is 4.15. The highest BCUT2D eigenvalue weighted by Gasteiger charge is 2.40. The smallest absolute Gasteiger partial charge is 0.338 e. The first kappa shape index (κ1) is 20.6. The average molecular weight is 409 g/mol. The number of amides is 2. The van der Waals surface area contributed by atoms with Crippen molar-refractivity contribution in [2.45, 2.75) is 37.5 Å². The lowest BCUT2D eigenvalue weighted by Gasteiger charge is -2.15. The van der Waals surface area contributed by atoms with Gasteiger partial charge in [0.1, 0.15) is 11.1 Å². The first-order valence-corrected chi connectivity index (χ1v) is 9.92. The second kappa shape index (κ2) is 8.45. The van der Waals surface area contributed by atoms with E-state index in [9.17, 15) is 19.6 Å².